The molecule has 0 radical (unpaired) electrons. The van der Waals surface area contributed by atoms with Gasteiger partial charge in [0, 0.05) is 29.8 Å². The Morgan fingerprint density at radius 2 is 2.32 bits per heavy atom. The van der Waals surface area contributed by atoms with E-state index in [1.807, 2.05) is 24.0 Å². The standard InChI is InChI=1S/C21H23N5O3S2/c1-13-22-17(11-30-13)14-4-5-18-15(9-14)6-7-25(18)19(27)12-31-21-24-23-20(28)26(21)10-16-3-2-8-29-16/h4-5,9,11,16H,2-3,6-8,10,12H2,1H3,(H,23,28). The van der Waals surface area contributed by atoms with Crippen LogP contribution in [-0.2, 0) is 22.5 Å². The number of nitrogens with zero attached hydrogens (tertiary/aromatic N) is 4. The van der Waals surface area contributed by atoms with E-state index in [9.17, 15) is 9.59 Å². The molecule has 1 fully saturated rings. The van der Waals surface area contributed by atoms with Crippen molar-refractivity contribution in [1.29, 1.82) is 0 Å². The number of rotatable bonds is 6. The molecule has 162 valence electrons. The molecule has 2 aliphatic heterocycles. The lowest BCUT2D eigenvalue weighted by atomic mass is 10.1. The molecular formula is C21H23N5O3S2. The maximum absolute atomic E-state index is 12.9. The van der Waals surface area contributed by atoms with Crippen molar-refractivity contribution in [2.45, 2.75) is 44.0 Å². The predicted octanol–water partition coefficient (Wildman–Crippen LogP) is 2.86. The Bertz CT molecular complexity index is 1160. The van der Waals surface area contributed by atoms with Gasteiger partial charge >= 0.3 is 5.69 Å². The van der Waals surface area contributed by atoms with Crippen LogP contribution in [0, 0.1) is 6.92 Å². The van der Waals surface area contributed by atoms with E-state index in [-0.39, 0.29) is 23.5 Å². The first kappa shape index (κ1) is 20.5. The lowest BCUT2D eigenvalue weighted by Crippen LogP contribution is -2.31. The van der Waals surface area contributed by atoms with Crippen LogP contribution >= 0.6 is 23.1 Å². The zero-order chi connectivity index (χ0) is 21.4. The van der Waals surface area contributed by atoms with E-state index >= 15 is 0 Å². The highest BCUT2D eigenvalue weighted by Crippen LogP contribution is 2.33. The van der Waals surface area contributed by atoms with Crippen molar-refractivity contribution in [3.05, 3.63) is 44.6 Å². The topological polar surface area (TPSA) is 93.1 Å². The summed E-state index contributed by atoms with van der Waals surface area (Å²) in [7, 11) is 0. The number of carbonyl (C=O) groups is 1. The number of nitrogens with one attached hydrogen (secondary N) is 1. The number of aromatic amines is 1. The Hall–Kier alpha value is -2.43. The molecule has 0 bridgehead atoms. The number of anilines is 1. The molecule has 5 rings (SSSR count). The zero-order valence-corrected chi connectivity index (χ0v) is 18.8. The Morgan fingerprint density at radius 1 is 1.42 bits per heavy atom. The molecule has 1 atom stereocenters. The van der Waals surface area contributed by atoms with Crippen molar-refractivity contribution < 1.29 is 9.53 Å². The van der Waals surface area contributed by atoms with E-state index in [1.165, 1.54) is 11.8 Å². The molecule has 0 spiro atoms. The fourth-order valence-corrected chi connectivity index (χ4v) is 5.54. The summed E-state index contributed by atoms with van der Waals surface area (Å²) < 4.78 is 7.21. The van der Waals surface area contributed by atoms with Crippen LogP contribution in [0.25, 0.3) is 11.3 Å². The highest BCUT2D eigenvalue weighted by molar-refractivity contribution is 7.99. The molecule has 1 saturated heterocycles. The molecule has 0 saturated carbocycles. The number of ether oxygens (including phenoxy) is 1. The molecule has 4 heterocycles. The molecule has 8 nitrogen and oxygen atoms in total. The Balaban J connectivity index is 1.26. The van der Waals surface area contributed by atoms with Gasteiger partial charge in [-0.2, -0.15) is 0 Å². The van der Waals surface area contributed by atoms with Gasteiger partial charge in [0.15, 0.2) is 5.16 Å². The van der Waals surface area contributed by atoms with Gasteiger partial charge in [-0.3, -0.25) is 9.36 Å². The summed E-state index contributed by atoms with van der Waals surface area (Å²) in [4.78, 5) is 31.5. The van der Waals surface area contributed by atoms with E-state index < -0.39 is 0 Å². The third-order valence-corrected chi connectivity index (χ3v) is 7.38. The van der Waals surface area contributed by atoms with Crippen LogP contribution in [0.3, 0.4) is 0 Å². The minimum Gasteiger partial charge on any atom is -0.376 e. The summed E-state index contributed by atoms with van der Waals surface area (Å²) in [5.41, 5.74) is 3.92. The van der Waals surface area contributed by atoms with Gasteiger partial charge in [0.2, 0.25) is 5.91 Å². The largest absolute Gasteiger partial charge is 0.376 e. The molecule has 1 aromatic carbocycles. The van der Waals surface area contributed by atoms with Crippen molar-refractivity contribution in [2.24, 2.45) is 0 Å². The normalized spacial score (nSPS) is 18.0. The molecule has 31 heavy (non-hydrogen) atoms. The SMILES string of the molecule is Cc1nc(-c2ccc3c(c2)CCN3C(=O)CSc2n[nH]c(=O)n2CC2CCCO2)cs1. The average Bonchev–Trinajstić information content (AvgIpc) is 3.55. The number of fused-ring (bicyclic) bond motifs is 1. The van der Waals surface area contributed by atoms with Gasteiger partial charge in [-0.25, -0.2) is 14.9 Å². The van der Waals surface area contributed by atoms with Crippen LogP contribution in [0.5, 0.6) is 0 Å². The number of hydrogen-bond acceptors (Lipinski definition) is 7. The van der Waals surface area contributed by atoms with E-state index in [4.69, 9.17) is 4.74 Å². The van der Waals surface area contributed by atoms with Crippen molar-refractivity contribution in [1.82, 2.24) is 19.7 Å². The van der Waals surface area contributed by atoms with Crippen LogP contribution in [0.1, 0.15) is 23.4 Å². The molecule has 0 aliphatic carbocycles. The van der Waals surface area contributed by atoms with Crippen LogP contribution < -0.4 is 10.6 Å². The molecule has 3 aromatic rings. The molecule has 2 aromatic heterocycles. The maximum Gasteiger partial charge on any atom is 0.344 e. The van der Waals surface area contributed by atoms with E-state index in [0.717, 1.165) is 53.4 Å². The summed E-state index contributed by atoms with van der Waals surface area (Å²) in [6, 6.07) is 6.17. The summed E-state index contributed by atoms with van der Waals surface area (Å²) in [5.74, 6) is 0.238. The van der Waals surface area contributed by atoms with Crippen LogP contribution in [-0.4, -0.2) is 50.7 Å². The van der Waals surface area contributed by atoms with E-state index in [0.29, 0.717) is 18.2 Å². The third kappa shape index (κ3) is 4.19. The van der Waals surface area contributed by atoms with Gasteiger partial charge in [-0.05, 0) is 43.9 Å². The minimum atomic E-state index is -0.262. The predicted molar refractivity (Wildman–Crippen MR) is 121 cm³/mol. The second kappa shape index (κ2) is 8.60. The summed E-state index contributed by atoms with van der Waals surface area (Å²) >= 11 is 2.92. The maximum atomic E-state index is 12.9. The summed E-state index contributed by atoms with van der Waals surface area (Å²) in [6.45, 7) is 3.87. The fraction of sp³-hybridized carbons (Fsp3) is 0.429. The first-order valence-electron chi connectivity index (χ1n) is 10.3. The summed E-state index contributed by atoms with van der Waals surface area (Å²) in [6.07, 6.45) is 2.81. The number of thiazole rings is 1. The number of H-pyrrole nitrogens is 1. The van der Waals surface area contributed by atoms with Crippen molar-refractivity contribution in [3.8, 4) is 11.3 Å². The van der Waals surface area contributed by atoms with Crippen molar-refractivity contribution in [3.63, 3.8) is 0 Å². The van der Waals surface area contributed by atoms with E-state index in [2.05, 4.69) is 26.6 Å². The highest BCUT2D eigenvalue weighted by Gasteiger charge is 2.26. The van der Waals surface area contributed by atoms with Crippen molar-refractivity contribution in [2.75, 3.05) is 23.8 Å². The van der Waals surface area contributed by atoms with Gasteiger partial charge in [-0.1, -0.05) is 17.8 Å². The number of carbonyl (C=O) groups excluding carboxylic acids is 1. The second-order valence-electron chi connectivity index (χ2n) is 7.74. The van der Waals surface area contributed by atoms with E-state index in [1.54, 1.807) is 15.9 Å². The molecular weight excluding hydrogens is 434 g/mol. The number of aryl methyl sites for hydroxylation is 1. The molecule has 1 amide bonds. The minimum absolute atomic E-state index is 0.0140. The molecule has 2 aliphatic rings. The average molecular weight is 458 g/mol. The Morgan fingerprint density at radius 3 is 3.10 bits per heavy atom. The second-order valence-corrected chi connectivity index (χ2v) is 9.74. The smallest absolute Gasteiger partial charge is 0.344 e. The van der Waals surface area contributed by atoms with Crippen LogP contribution in [0.2, 0.25) is 0 Å². The first-order valence-corrected chi connectivity index (χ1v) is 12.2. The van der Waals surface area contributed by atoms with Gasteiger partial charge in [-0.15, -0.1) is 16.4 Å². The zero-order valence-electron chi connectivity index (χ0n) is 17.2. The number of benzene rings is 1. The molecule has 1 N–H and O–H groups in total. The van der Waals surface area contributed by atoms with Gasteiger partial charge in [0.05, 0.1) is 29.1 Å². The number of hydrogen-bond donors (Lipinski definition) is 1. The van der Waals surface area contributed by atoms with Crippen molar-refractivity contribution >= 4 is 34.7 Å². The lowest BCUT2D eigenvalue weighted by Gasteiger charge is -2.17. The quantitative estimate of drug-likeness (QED) is 0.572. The first-order chi connectivity index (χ1) is 15.1. The highest BCUT2D eigenvalue weighted by atomic mass is 32.2. The fourth-order valence-electron chi connectivity index (χ4n) is 4.09. The number of amides is 1. The van der Waals surface area contributed by atoms with Crippen LogP contribution in [0.4, 0.5) is 5.69 Å². The monoisotopic (exact) mass is 457 g/mol. The summed E-state index contributed by atoms with van der Waals surface area (Å²) in [5, 5.41) is 10.2. The van der Waals surface area contributed by atoms with Gasteiger partial charge < -0.3 is 9.64 Å². The Labute approximate surface area is 187 Å². The lowest BCUT2D eigenvalue weighted by molar-refractivity contribution is -0.116. The molecule has 1 unspecified atom stereocenters. The number of thioether (sulfide) groups is 1. The van der Waals surface area contributed by atoms with Crippen LogP contribution in [0.15, 0.2) is 33.5 Å². The van der Waals surface area contributed by atoms with Gasteiger partial charge in [0.25, 0.3) is 0 Å². The Kier molecular flexibility index (Phi) is 5.68. The third-order valence-electron chi connectivity index (χ3n) is 5.65. The molecule has 10 heteroatoms. The number of aromatic nitrogens is 4. The van der Waals surface area contributed by atoms with Gasteiger partial charge in [0.1, 0.15) is 0 Å².